The lowest BCUT2D eigenvalue weighted by atomic mass is 10.2. The van der Waals surface area contributed by atoms with Crippen molar-refractivity contribution in [3.63, 3.8) is 0 Å². The Morgan fingerprint density at radius 3 is 2.33 bits per heavy atom. The van der Waals surface area contributed by atoms with Gasteiger partial charge in [-0.05, 0) is 49.2 Å². The van der Waals surface area contributed by atoms with E-state index in [1.165, 1.54) is 0 Å². The number of hydrogen-bond donors (Lipinski definition) is 1. The van der Waals surface area contributed by atoms with E-state index in [1.54, 1.807) is 11.8 Å². The second-order valence-corrected chi connectivity index (χ2v) is 7.13. The second-order valence-electron chi connectivity index (χ2n) is 5.71. The van der Waals surface area contributed by atoms with Gasteiger partial charge in [0.25, 0.3) is 0 Å². The Bertz CT molecular complexity index is 641. The Hall–Kier alpha value is -1.65. The summed E-state index contributed by atoms with van der Waals surface area (Å²) in [5.41, 5.74) is 2.22. The van der Waals surface area contributed by atoms with E-state index in [2.05, 4.69) is 5.32 Å². The van der Waals surface area contributed by atoms with Gasteiger partial charge in [-0.15, -0.1) is 11.8 Å². The SMILES string of the molecule is CC(C)Oc1ccc(CNC(=O)CSCc2ccc(Cl)cc2)cc1. The number of rotatable bonds is 8. The van der Waals surface area contributed by atoms with Gasteiger partial charge < -0.3 is 10.1 Å². The summed E-state index contributed by atoms with van der Waals surface area (Å²) in [6.45, 7) is 4.52. The summed E-state index contributed by atoms with van der Waals surface area (Å²) >= 11 is 7.44. The minimum absolute atomic E-state index is 0.0384. The lowest BCUT2D eigenvalue weighted by Gasteiger charge is -2.10. The molecule has 0 radical (unpaired) electrons. The summed E-state index contributed by atoms with van der Waals surface area (Å²) in [4.78, 5) is 11.9. The maximum Gasteiger partial charge on any atom is 0.230 e. The Labute approximate surface area is 152 Å². The molecule has 3 nitrogen and oxygen atoms in total. The quantitative estimate of drug-likeness (QED) is 0.740. The zero-order valence-electron chi connectivity index (χ0n) is 13.9. The number of nitrogens with one attached hydrogen (secondary N) is 1. The van der Waals surface area contributed by atoms with Crippen molar-refractivity contribution in [1.29, 1.82) is 0 Å². The van der Waals surface area contributed by atoms with Gasteiger partial charge in [-0.2, -0.15) is 0 Å². The van der Waals surface area contributed by atoms with Crippen LogP contribution in [0.2, 0.25) is 5.02 Å². The number of hydrogen-bond acceptors (Lipinski definition) is 3. The zero-order chi connectivity index (χ0) is 17.4. The van der Waals surface area contributed by atoms with Crippen LogP contribution >= 0.6 is 23.4 Å². The second kappa shape index (κ2) is 9.60. The summed E-state index contributed by atoms with van der Waals surface area (Å²) in [5, 5.41) is 3.66. The smallest absolute Gasteiger partial charge is 0.230 e. The van der Waals surface area contributed by atoms with Gasteiger partial charge in [0.05, 0.1) is 11.9 Å². The van der Waals surface area contributed by atoms with E-state index in [1.807, 2.05) is 62.4 Å². The van der Waals surface area contributed by atoms with Crippen molar-refractivity contribution >= 4 is 29.3 Å². The lowest BCUT2D eigenvalue weighted by Crippen LogP contribution is -2.24. The average Bonchev–Trinajstić information content (AvgIpc) is 2.55. The Kier molecular flexibility index (Phi) is 7.47. The Morgan fingerprint density at radius 1 is 1.08 bits per heavy atom. The largest absolute Gasteiger partial charge is 0.491 e. The first-order chi connectivity index (χ1) is 11.5. The molecule has 0 aromatic heterocycles. The summed E-state index contributed by atoms with van der Waals surface area (Å²) < 4.78 is 5.60. The van der Waals surface area contributed by atoms with Crippen molar-refractivity contribution in [2.24, 2.45) is 0 Å². The molecule has 0 aliphatic carbocycles. The summed E-state index contributed by atoms with van der Waals surface area (Å²) in [5.74, 6) is 2.12. The van der Waals surface area contributed by atoms with Crippen LogP contribution in [0.3, 0.4) is 0 Å². The molecule has 1 amide bonds. The molecule has 5 heteroatoms. The van der Waals surface area contributed by atoms with Crippen LogP contribution in [0.25, 0.3) is 0 Å². The Balaban J connectivity index is 1.68. The number of benzene rings is 2. The normalized spacial score (nSPS) is 10.7. The molecule has 24 heavy (non-hydrogen) atoms. The highest BCUT2D eigenvalue weighted by Crippen LogP contribution is 2.16. The van der Waals surface area contributed by atoms with E-state index in [4.69, 9.17) is 16.3 Å². The number of amides is 1. The third-order valence-corrected chi connectivity index (χ3v) is 4.46. The molecular formula is C19H22ClNO2S. The first kappa shape index (κ1) is 18.7. The molecule has 128 valence electrons. The van der Waals surface area contributed by atoms with Gasteiger partial charge in [0.2, 0.25) is 5.91 Å². The summed E-state index contributed by atoms with van der Waals surface area (Å²) in [6.07, 6.45) is 0.160. The third kappa shape index (κ3) is 6.85. The molecule has 1 N–H and O–H groups in total. The lowest BCUT2D eigenvalue weighted by molar-refractivity contribution is -0.118. The topological polar surface area (TPSA) is 38.3 Å². The molecule has 0 saturated heterocycles. The van der Waals surface area contributed by atoms with Crippen LogP contribution in [0.5, 0.6) is 5.75 Å². The highest BCUT2D eigenvalue weighted by molar-refractivity contribution is 7.99. The minimum atomic E-state index is 0.0384. The molecule has 0 saturated carbocycles. The van der Waals surface area contributed by atoms with Crippen LogP contribution in [-0.4, -0.2) is 17.8 Å². The fourth-order valence-electron chi connectivity index (χ4n) is 2.05. The number of carbonyl (C=O) groups is 1. The van der Waals surface area contributed by atoms with E-state index >= 15 is 0 Å². The zero-order valence-corrected chi connectivity index (χ0v) is 15.5. The highest BCUT2D eigenvalue weighted by Gasteiger charge is 2.03. The average molecular weight is 364 g/mol. The molecule has 0 spiro atoms. The maximum atomic E-state index is 11.9. The predicted octanol–water partition coefficient (Wildman–Crippen LogP) is 4.68. The summed E-state index contributed by atoms with van der Waals surface area (Å²) in [6, 6.07) is 15.5. The van der Waals surface area contributed by atoms with Gasteiger partial charge in [0, 0.05) is 17.3 Å². The maximum absolute atomic E-state index is 11.9. The molecule has 0 unspecified atom stereocenters. The molecule has 0 atom stereocenters. The third-order valence-electron chi connectivity index (χ3n) is 3.20. The number of carbonyl (C=O) groups excluding carboxylic acids is 1. The molecule has 0 aliphatic heterocycles. The van der Waals surface area contributed by atoms with Gasteiger partial charge in [0.15, 0.2) is 0 Å². The van der Waals surface area contributed by atoms with E-state index in [9.17, 15) is 4.79 Å². The standard InChI is InChI=1S/C19H22ClNO2S/c1-14(2)23-18-9-5-15(6-10-18)11-21-19(22)13-24-12-16-3-7-17(20)8-4-16/h3-10,14H,11-13H2,1-2H3,(H,21,22). The van der Waals surface area contributed by atoms with Crippen molar-refractivity contribution in [1.82, 2.24) is 5.32 Å². The summed E-state index contributed by atoms with van der Waals surface area (Å²) in [7, 11) is 0. The molecule has 0 aliphatic rings. The Morgan fingerprint density at radius 2 is 1.71 bits per heavy atom. The molecule has 2 rings (SSSR count). The van der Waals surface area contributed by atoms with Crippen molar-refractivity contribution < 1.29 is 9.53 Å². The van der Waals surface area contributed by atoms with Crippen molar-refractivity contribution in [3.8, 4) is 5.75 Å². The first-order valence-corrected chi connectivity index (χ1v) is 9.40. The van der Waals surface area contributed by atoms with Crippen LogP contribution in [0.1, 0.15) is 25.0 Å². The molecule has 2 aromatic carbocycles. The fraction of sp³-hybridized carbons (Fsp3) is 0.316. The van der Waals surface area contributed by atoms with Crippen LogP contribution in [-0.2, 0) is 17.1 Å². The number of halogens is 1. The molecule has 0 heterocycles. The van der Waals surface area contributed by atoms with E-state index in [0.717, 1.165) is 27.7 Å². The van der Waals surface area contributed by atoms with E-state index < -0.39 is 0 Å². The number of thioether (sulfide) groups is 1. The van der Waals surface area contributed by atoms with E-state index in [-0.39, 0.29) is 12.0 Å². The van der Waals surface area contributed by atoms with Crippen LogP contribution in [0.15, 0.2) is 48.5 Å². The fourth-order valence-corrected chi connectivity index (χ4v) is 3.00. The molecule has 2 aromatic rings. The first-order valence-electron chi connectivity index (χ1n) is 7.87. The molecule has 0 fully saturated rings. The van der Waals surface area contributed by atoms with Crippen molar-refractivity contribution in [2.45, 2.75) is 32.2 Å². The van der Waals surface area contributed by atoms with Crippen molar-refractivity contribution in [3.05, 3.63) is 64.7 Å². The van der Waals surface area contributed by atoms with Gasteiger partial charge in [0.1, 0.15) is 5.75 Å². The van der Waals surface area contributed by atoms with E-state index in [0.29, 0.717) is 12.3 Å². The van der Waals surface area contributed by atoms with Crippen molar-refractivity contribution in [2.75, 3.05) is 5.75 Å². The predicted molar refractivity (Wildman–Crippen MR) is 102 cm³/mol. The van der Waals surface area contributed by atoms with Gasteiger partial charge in [-0.1, -0.05) is 35.9 Å². The van der Waals surface area contributed by atoms with Gasteiger partial charge in [-0.3, -0.25) is 4.79 Å². The molecular weight excluding hydrogens is 342 g/mol. The monoisotopic (exact) mass is 363 g/mol. The molecule has 0 bridgehead atoms. The van der Waals surface area contributed by atoms with Crippen LogP contribution < -0.4 is 10.1 Å². The minimum Gasteiger partial charge on any atom is -0.491 e. The van der Waals surface area contributed by atoms with Crippen LogP contribution in [0, 0.1) is 0 Å². The number of ether oxygens (including phenoxy) is 1. The van der Waals surface area contributed by atoms with Gasteiger partial charge >= 0.3 is 0 Å². The highest BCUT2D eigenvalue weighted by atomic mass is 35.5. The van der Waals surface area contributed by atoms with Gasteiger partial charge in [-0.25, -0.2) is 0 Å². The van der Waals surface area contributed by atoms with Crippen LogP contribution in [0.4, 0.5) is 0 Å².